The number of rotatable bonds is 2. The highest BCUT2D eigenvalue weighted by Gasteiger charge is 2.29. The van der Waals surface area contributed by atoms with Crippen molar-refractivity contribution in [2.24, 2.45) is 11.7 Å². The smallest absolute Gasteiger partial charge is 0.254 e. The third-order valence-corrected chi connectivity index (χ3v) is 4.07. The van der Waals surface area contributed by atoms with Gasteiger partial charge >= 0.3 is 0 Å². The SMILES string of the molecule is NC(=O)C1CCCN(C(=O)c2cc(Cl)c3c(c2)OCO3)C1. The first-order valence-corrected chi connectivity index (χ1v) is 7.12. The molecule has 1 unspecified atom stereocenters. The molecule has 2 aliphatic rings. The van der Waals surface area contributed by atoms with E-state index in [4.69, 9.17) is 26.8 Å². The molecule has 1 fully saturated rings. The second-order valence-electron chi connectivity index (χ2n) is 5.18. The fourth-order valence-electron chi connectivity index (χ4n) is 2.67. The van der Waals surface area contributed by atoms with Crippen LogP contribution in [0.3, 0.4) is 0 Å². The highest BCUT2D eigenvalue weighted by Crippen LogP contribution is 2.40. The molecule has 0 spiro atoms. The molecule has 7 heteroatoms. The molecule has 0 bridgehead atoms. The lowest BCUT2D eigenvalue weighted by molar-refractivity contribution is -0.123. The predicted octanol–water partition coefficient (Wildman–Crippen LogP) is 1.41. The maximum Gasteiger partial charge on any atom is 0.254 e. The first kappa shape index (κ1) is 14.0. The predicted molar refractivity (Wildman–Crippen MR) is 75.4 cm³/mol. The summed E-state index contributed by atoms with van der Waals surface area (Å²) < 4.78 is 10.5. The van der Waals surface area contributed by atoms with Gasteiger partial charge in [0.25, 0.3) is 5.91 Å². The highest BCUT2D eigenvalue weighted by molar-refractivity contribution is 6.32. The van der Waals surface area contributed by atoms with E-state index in [9.17, 15) is 9.59 Å². The van der Waals surface area contributed by atoms with E-state index in [-0.39, 0.29) is 24.5 Å². The Hall–Kier alpha value is -1.95. The van der Waals surface area contributed by atoms with Gasteiger partial charge in [0.15, 0.2) is 11.5 Å². The summed E-state index contributed by atoms with van der Waals surface area (Å²) in [7, 11) is 0. The molecule has 1 aromatic carbocycles. The summed E-state index contributed by atoms with van der Waals surface area (Å²) in [5, 5.41) is 0.344. The standard InChI is InChI=1S/C14H15ClN2O4/c15-10-4-9(5-11-12(10)21-7-20-11)14(19)17-3-1-2-8(6-17)13(16)18/h4-5,8H,1-3,6-7H2,(H2,16,18). The number of carbonyl (C=O) groups excluding carboxylic acids is 2. The normalized spacial score (nSPS) is 20.4. The van der Waals surface area contributed by atoms with Gasteiger partial charge in [-0.3, -0.25) is 9.59 Å². The maximum absolute atomic E-state index is 12.5. The average molecular weight is 311 g/mol. The minimum Gasteiger partial charge on any atom is -0.454 e. The van der Waals surface area contributed by atoms with Crippen LogP contribution in [0.2, 0.25) is 5.02 Å². The Morgan fingerprint density at radius 2 is 2.14 bits per heavy atom. The minimum absolute atomic E-state index is 0.0974. The molecular weight excluding hydrogens is 296 g/mol. The molecular formula is C14H15ClN2O4. The third kappa shape index (κ3) is 2.63. The summed E-state index contributed by atoms with van der Waals surface area (Å²) in [6.07, 6.45) is 1.48. The Balaban J connectivity index is 1.82. The van der Waals surface area contributed by atoms with Crippen molar-refractivity contribution in [3.63, 3.8) is 0 Å². The Morgan fingerprint density at radius 1 is 1.33 bits per heavy atom. The van der Waals surface area contributed by atoms with Gasteiger partial charge in [-0.25, -0.2) is 0 Å². The lowest BCUT2D eigenvalue weighted by atomic mass is 9.97. The molecule has 3 rings (SSSR count). The van der Waals surface area contributed by atoms with Gasteiger partial charge in [0.2, 0.25) is 12.7 Å². The number of nitrogens with zero attached hydrogens (tertiary/aromatic N) is 1. The van der Waals surface area contributed by atoms with Crippen LogP contribution in [0.25, 0.3) is 0 Å². The number of hydrogen-bond donors (Lipinski definition) is 1. The molecule has 0 aliphatic carbocycles. The molecule has 1 aromatic rings. The molecule has 0 saturated carbocycles. The Kier molecular flexibility index (Phi) is 3.63. The average Bonchev–Trinajstić information content (AvgIpc) is 2.95. The van der Waals surface area contributed by atoms with Gasteiger partial charge in [-0.05, 0) is 25.0 Å². The van der Waals surface area contributed by atoms with Crippen LogP contribution in [0, 0.1) is 5.92 Å². The zero-order valence-electron chi connectivity index (χ0n) is 11.3. The van der Waals surface area contributed by atoms with Crippen molar-refractivity contribution in [3.8, 4) is 11.5 Å². The van der Waals surface area contributed by atoms with Crippen molar-refractivity contribution in [1.82, 2.24) is 4.90 Å². The molecule has 1 saturated heterocycles. The zero-order valence-corrected chi connectivity index (χ0v) is 12.1. The van der Waals surface area contributed by atoms with Gasteiger partial charge in [-0.15, -0.1) is 0 Å². The monoisotopic (exact) mass is 310 g/mol. The van der Waals surface area contributed by atoms with Crippen molar-refractivity contribution in [2.45, 2.75) is 12.8 Å². The molecule has 2 aliphatic heterocycles. The van der Waals surface area contributed by atoms with E-state index < -0.39 is 0 Å². The van der Waals surface area contributed by atoms with Gasteiger partial charge in [-0.1, -0.05) is 11.6 Å². The van der Waals surface area contributed by atoms with E-state index in [1.165, 1.54) is 0 Å². The largest absolute Gasteiger partial charge is 0.454 e. The second kappa shape index (κ2) is 5.44. The van der Waals surface area contributed by atoms with E-state index >= 15 is 0 Å². The van der Waals surface area contributed by atoms with Crippen molar-refractivity contribution in [1.29, 1.82) is 0 Å². The summed E-state index contributed by atoms with van der Waals surface area (Å²) in [6, 6.07) is 3.18. The summed E-state index contributed by atoms with van der Waals surface area (Å²) in [5.41, 5.74) is 5.76. The number of primary amides is 1. The van der Waals surface area contributed by atoms with Crippen molar-refractivity contribution >= 4 is 23.4 Å². The van der Waals surface area contributed by atoms with Gasteiger partial charge in [0, 0.05) is 18.7 Å². The number of fused-ring (bicyclic) bond motifs is 1. The Morgan fingerprint density at radius 3 is 2.90 bits per heavy atom. The summed E-state index contributed by atoms with van der Waals surface area (Å²) in [4.78, 5) is 25.5. The summed E-state index contributed by atoms with van der Waals surface area (Å²) >= 11 is 6.09. The number of amides is 2. The zero-order chi connectivity index (χ0) is 15.0. The molecule has 2 amide bonds. The van der Waals surface area contributed by atoms with Crippen LogP contribution in [-0.2, 0) is 4.79 Å². The second-order valence-corrected chi connectivity index (χ2v) is 5.59. The molecule has 0 aromatic heterocycles. The number of benzene rings is 1. The van der Waals surface area contributed by atoms with E-state index in [0.717, 1.165) is 12.8 Å². The quantitative estimate of drug-likeness (QED) is 0.895. The van der Waals surface area contributed by atoms with E-state index in [1.807, 2.05) is 0 Å². The molecule has 2 N–H and O–H groups in total. The fourth-order valence-corrected chi connectivity index (χ4v) is 2.93. The minimum atomic E-state index is -0.365. The molecule has 6 nitrogen and oxygen atoms in total. The van der Waals surface area contributed by atoms with E-state index in [2.05, 4.69) is 0 Å². The molecule has 2 heterocycles. The van der Waals surface area contributed by atoms with Crippen molar-refractivity contribution in [2.75, 3.05) is 19.9 Å². The number of nitrogens with two attached hydrogens (primary N) is 1. The fraction of sp³-hybridized carbons (Fsp3) is 0.429. The maximum atomic E-state index is 12.5. The van der Waals surface area contributed by atoms with Crippen LogP contribution >= 0.6 is 11.6 Å². The van der Waals surface area contributed by atoms with Crippen LogP contribution in [-0.4, -0.2) is 36.6 Å². The molecule has 1 atom stereocenters. The van der Waals surface area contributed by atoms with E-state index in [1.54, 1.807) is 17.0 Å². The first-order valence-electron chi connectivity index (χ1n) is 6.74. The summed E-state index contributed by atoms with van der Waals surface area (Å²) in [5.74, 6) is 0.0979. The number of piperidine rings is 1. The number of hydrogen-bond acceptors (Lipinski definition) is 4. The van der Waals surface area contributed by atoms with Gasteiger partial charge < -0.3 is 20.1 Å². The van der Waals surface area contributed by atoms with Crippen LogP contribution in [0.15, 0.2) is 12.1 Å². The van der Waals surface area contributed by atoms with Gasteiger partial charge in [-0.2, -0.15) is 0 Å². The van der Waals surface area contributed by atoms with Crippen LogP contribution in [0.4, 0.5) is 0 Å². The van der Waals surface area contributed by atoms with Gasteiger partial charge in [0.05, 0.1) is 10.9 Å². The molecule has 21 heavy (non-hydrogen) atoms. The lowest BCUT2D eigenvalue weighted by Gasteiger charge is -2.31. The van der Waals surface area contributed by atoms with Crippen LogP contribution in [0.1, 0.15) is 23.2 Å². The summed E-state index contributed by atoms with van der Waals surface area (Å²) in [6.45, 7) is 1.05. The number of halogens is 1. The number of likely N-dealkylation sites (tertiary alicyclic amines) is 1. The van der Waals surface area contributed by atoms with Crippen LogP contribution in [0.5, 0.6) is 11.5 Å². The lowest BCUT2D eigenvalue weighted by Crippen LogP contribution is -2.44. The van der Waals surface area contributed by atoms with Gasteiger partial charge in [0.1, 0.15) is 0 Å². The van der Waals surface area contributed by atoms with Crippen LogP contribution < -0.4 is 15.2 Å². The molecule has 0 radical (unpaired) electrons. The number of carbonyl (C=O) groups is 2. The Labute approximate surface area is 126 Å². The Bertz CT molecular complexity index is 605. The number of ether oxygens (including phenoxy) is 2. The first-order chi connectivity index (χ1) is 10.1. The van der Waals surface area contributed by atoms with Crippen molar-refractivity contribution in [3.05, 3.63) is 22.7 Å². The van der Waals surface area contributed by atoms with Crippen molar-refractivity contribution < 1.29 is 19.1 Å². The topological polar surface area (TPSA) is 81.9 Å². The molecule has 112 valence electrons. The third-order valence-electron chi connectivity index (χ3n) is 3.79. The van der Waals surface area contributed by atoms with E-state index in [0.29, 0.717) is 35.2 Å². The highest BCUT2D eigenvalue weighted by atomic mass is 35.5.